The fourth-order valence-electron chi connectivity index (χ4n) is 3.69. The van der Waals surface area contributed by atoms with E-state index in [1.54, 1.807) is 23.1 Å². The molecule has 0 bridgehead atoms. The summed E-state index contributed by atoms with van der Waals surface area (Å²) < 4.78 is 20.6. The Morgan fingerprint density at radius 1 is 1.10 bits per heavy atom. The quantitative estimate of drug-likeness (QED) is 0.516. The van der Waals surface area contributed by atoms with Crippen LogP contribution in [0.4, 0.5) is 0 Å². The topological polar surface area (TPSA) is 58.4 Å². The maximum atomic E-state index is 6.45. The average molecular weight is 442 g/mol. The lowest BCUT2D eigenvalue weighted by Gasteiger charge is -2.44. The number of halogens is 1. The first kappa shape index (κ1) is 21.8. The van der Waals surface area contributed by atoms with Crippen LogP contribution in [0.3, 0.4) is 0 Å². The van der Waals surface area contributed by atoms with Crippen molar-refractivity contribution >= 4 is 11.6 Å². The van der Waals surface area contributed by atoms with Gasteiger partial charge < -0.3 is 14.2 Å². The van der Waals surface area contributed by atoms with Crippen LogP contribution in [0.2, 0.25) is 5.02 Å². The van der Waals surface area contributed by atoms with Crippen LogP contribution in [0.25, 0.3) is 0 Å². The van der Waals surface area contributed by atoms with E-state index in [-0.39, 0.29) is 5.41 Å². The number of aromatic nitrogens is 3. The molecule has 0 N–H and O–H groups in total. The summed E-state index contributed by atoms with van der Waals surface area (Å²) in [5.74, 6) is 0.845. The van der Waals surface area contributed by atoms with Gasteiger partial charge in [-0.2, -0.15) is 5.10 Å². The summed E-state index contributed by atoms with van der Waals surface area (Å²) in [4.78, 5) is 4.07. The molecule has 1 saturated heterocycles. The zero-order chi connectivity index (χ0) is 22.1. The molecule has 164 valence electrons. The van der Waals surface area contributed by atoms with Crippen molar-refractivity contribution < 1.29 is 14.2 Å². The van der Waals surface area contributed by atoms with E-state index in [2.05, 4.69) is 30.9 Å². The number of aryl methyl sites for hydroxylation is 1. The van der Waals surface area contributed by atoms with E-state index in [4.69, 9.17) is 25.8 Å². The standard InChI is InChI=1S/C24H28ClN3O3/c1-17-11-21(31-20-7-5-19(25)6-8-20)9-10-22(17)24(14-28-16-26-15-27-28)29-12-18(13-30-24)23(2,3)4/h5-11,15-16,18H,12-14H2,1-4H3. The van der Waals surface area contributed by atoms with Gasteiger partial charge in [-0.25, -0.2) is 9.67 Å². The van der Waals surface area contributed by atoms with Crippen LogP contribution in [-0.2, 0) is 21.8 Å². The highest BCUT2D eigenvalue weighted by atomic mass is 35.5. The third kappa shape index (κ3) is 4.92. The smallest absolute Gasteiger partial charge is 0.215 e. The third-order valence-corrected chi connectivity index (χ3v) is 6.01. The number of hydrogen-bond acceptors (Lipinski definition) is 5. The van der Waals surface area contributed by atoms with Crippen molar-refractivity contribution in [3.63, 3.8) is 0 Å². The second kappa shape index (κ2) is 8.61. The van der Waals surface area contributed by atoms with Gasteiger partial charge in [0.1, 0.15) is 30.7 Å². The molecular formula is C24H28ClN3O3. The van der Waals surface area contributed by atoms with E-state index in [9.17, 15) is 0 Å². The molecule has 0 aliphatic carbocycles. The Hall–Kier alpha value is -2.41. The van der Waals surface area contributed by atoms with Gasteiger partial charge in [-0.1, -0.05) is 32.4 Å². The van der Waals surface area contributed by atoms with E-state index in [0.717, 1.165) is 22.6 Å². The van der Waals surface area contributed by atoms with Crippen molar-refractivity contribution in [2.45, 2.75) is 40.0 Å². The number of nitrogens with zero attached hydrogens (tertiary/aromatic N) is 3. The maximum Gasteiger partial charge on any atom is 0.215 e. The van der Waals surface area contributed by atoms with Gasteiger partial charge in [0.15, 0.2) is 0 Å². The molecule has 0 saturated carbocycles. The zero-order valence-electron chi connectivity index (χ0n) is 18.3. The molecule has 0 radical (unpaired) electrons. The molecular weight excluding hydrogens is 414 g/mol. The van der Waals surface area contributed by atoms with E-state index in [0.29, 0.717) is 30.7 Å². The first-order valence-electron chi connectivity index (χ1n) is 10.4. The van der Waals surface area contributed by atoms with E-state index in [1.165, 1.54) is 6.33 Å². The summed E-state index contributed by atoms with van der Waals surface area (Å²) in [5, 5.41) is 4.94. The molecule has 0 amide bonds. The summed E-state index contributed by atoms with van der Waals surface area (Å²) in [6.45, 7) is 10.3. The Balaban J connectivity index is 1.61. The summed E-state index contributed by atoms with van der Waals surface area (Å²) >= 11 is 5.96. The lowest BCUT2D eigenvalue weighted by Crippen LogP contribution is -2.48. The minimum atomic E-state index is -0.932. The molecule has 6 nitrogen and oxygen atoms in total. The first-order valence-corrected chi connectivity index (χ1v) is 10.8. The molecule has 7 heteroatoms. The Morgan fingerprint density at radius 2 is 1.77 bits per heavy atom. The highest BCUT2D eigenvalue weighted by Gasteiger charge is 2.43. The van der Waals surface area contributed by atoms with Crippen molar-refractivity contribution in [3.05, 3.63) is 71.3 Å². The predicted octanol–water partition coefficient (Wildman–Crippen LogP) is 5.59. The Labute approximate surface area is 188 Å². The van der Waals surface area contributed by atoms with Crippen LogP contribution in [0, 0.1) is 18.3 Å². The minimum Gasteiger partial charge on any atom is -0.457 e. The Morgan fingerprint density at radius 3 is 2.35 bits per heavy atom. The van der Waals surface area contributed by atoms with Gasteiger partial charge in [-0.3, -0.25) is 0 Å². The average Bonchev–Trinajstić information content (AvgIpc) is 3.22. The third-order valence-electron chi connectivity index (χ3n) is 5.75. The van der Waals surface area contributed by atoms with Gasteiger partial charge in [0, 0.05) is 16.5 Å². The second-order valence-electron chi connectivity index (χ2n) is 9.06. The number of rotatable bonds is 5. The summed E-state index contributed by atoms with van der Waals surface area (Å²) in [5.41, 5.74) is 2.07. The van der Waals surface area contributed by atoms with E-state index < -0.39 is 5.79 Å². The van der Waals surface area contributed by atoms with Crippen LogP contribution in [0.1, 0.15) is 31.9 Å². The largest absolute Gasteiger partial charge is 0.457 e. The van der Waals surface area contributed by atoms with Crippen molar-refractivity contribution in [2.24, 2.45) is 11.3 Å². The van der Waals surface area contributed by atoms with E-state index >= 15 is 0 Å². The molecule has 3 aromatic rings. The fraction of sp³-hybridized carbons (Fsp3) is 0.417. The molecule has 0 atom stereocenters. The van der Waals surface area contributed by atoms with Crippen LogP contribution in [0.5, 0.6) is 11.5 Å². The SMILES string of the molecule is Cc1cc(Oc2ccc(Cl)cc2)ccc1C1(Cn2cncn2)OCC(C(C)(C)C)CO1. The maximum absolute atomic E-state index is 6.45. The van der Waals surface area contributed by atoms with Gasteiger partial charge in [0.05, 0.1) is 13.2 Å². The zero-order valence-corrected chi connectivity index (χ0v) is 19.1. The van der Waals surface area contributed by atoms with Crippen LogP contribution in [-0.4, -0.2) is 28.0 Å². The molecule has 1 aromatic heterocycles. The van der Waals surface area contributed by atoms with Gasteiger partial charge in [-0.15, -0.1) is 0 Å². The summed E-state index contributed by atoms with van der Waals surface area (Å²) in [7, 11) is 0. The van der Waals surface area contributed by atoms with Gasteiger partial charge in [-0.05, 0) is 60.4 Å². The molecule has 2 heterocycles. The van der Waals surface area contributed by atoms with Gasteiger partial charge >= 0.3 is 0 Å². The number of benzene rings is 2. The number of ether oxygens (including phenoxy) is 3. The van der Waals surface area contributed by atoms with Crippen molar-refractivity contribution in [1.29, 1.82) is 0 Å². The fourth-order valence-corrected chi connectivity index (χ4v) is 3.81. The summed E-state index contributed by atoms with van der Waals surface area (Å²) in [6.07, 6.45) is 3.20. The monoisotopic (exact) mass is 441 g/mol. The molecule has 4 rings (SSSR count). The normalized spacial score (nSPS) is 21.8. The molecule has 2 aromatic carbocycles. The minimum absolute atomic E-state index is 0.102. The highest BCUT2D eigenvalue weighted by Crippen LogP contribution is 2.41. The molecule has 1 aliphatic heterocycles. The van der Waals surface area contributed by atoms with Crippen molar-refractivity contribution in [2.75, 3.05) is 13.2 Å². The first-order chi connectivity index (χ1) is 14.7. The predicted molar refractivity (Wildman–Crippen MR) is 119 cm³/mol. The lowest BCUT2D eigenvalue weighted by molar-refractivity contribution is -0.309. The van der Waals surface area contributed by atoms with Crippen molar-refractivity contribution in [3.8, 4) is 11.5 Å². The molecule has 1 aliphatic rings. The van der Waals surface area contributed by atoms with Crippen LogP contribution >= 0.6 is 11.6 Å². The summed E-state index contributed by atoms with van der Waals surface area (Å²) in [6, 6.07) is 13.2. The molecule has 0 unspecified atom stereocenters. The van der Waals surface area contributed by atoms with Crippen LogP contribution < -0.4 is 4.74 Å². The second-order valence-corrected chi connectivity index (χ2v) is 9.50. The van der Waals surface area contributed by atoms with Gasteiger partial charge in [0.2, 0.25) is 5.79 Å². The molecule has 0 spiro atoms. The van der Waals surface area contributed by atoms with Gasteiger partial charge in [0.25, 0.3) is 0 Å². The lowest BCUT2D eigenvalue weighted by atomic mass is 9.81. The Bertz CT molecular complexity index is 1010. The number of hydrogen-bond donors (Lipinski definition) is 0. The van der Waals surface area contributed by atoms with Crippen molar-refractivity contribution in [1.82, 2.24) is 14.8 Å². The Kier molecular flexibility index (Phi) is 6.06. The van der Waals surface area contributed by atoms with Crippen LogP contribution in [0.15, 0.2) is 55.1 Å². The highest BCUT2D eigenvalue weighted by molar-refractivity contribution is 6.30. The molecule has 1 fully saturated rings. The molecule has 31 heavy (non-hydrogen) atoms. The van der Waals surface area contributed by atoms with E-state index in [1.807, 2.05) is 37.3 Å².